The van der Waals surface area contributed by atoms with Crippen LogP contribution < -0.4 is 5.32 Å². The first-order valence-corrected chi connectivity index (χ1v) is 6.42. The van der Waals surface area contributed by atoms with E-state index in [0.717, 1.165) is 30.1 Å². The van der Waals surface area contributed by atoms with Crippen LogP contribution in [-0.2, 0) is 0 Å². The third-order valence-electron chi connectivity index (χ3n) is 2.65. The van der Waals surface area contributed by atoms with E-state index in [0.29, 0.717) is 6.04 Å². The van der Waals surface area contributed by atoms with Crippen LogP contribution in [0.4, 0.5) is 5.82 Å². The highest BCUT2D eigenvalue weighted by atomic mass is 79.9. The summed E-state index contributed by atoms with van der Waals surface area (Å²) >= 11 is 3.37. The van der Waals surface area contributed by atoms with Crippen LogP contribution in [0.2, 0.25) is 0 Å². The van der Waals surface area contributed by atoms with Gasteiger partial charge in [0.25, 0.3) is 0 Å². The minimum absolute atomic E-state index is 0.490. The quantitative estimate of drug-likeness (QED) is 0.872. The van der Waals surface area contributed by atoms with Crippen molar-refractivity contribution in [2.45, 2.75) is 26.8 Å². The summed E-state index contributed by atoms with van der Waals surface area (Å²) in [4.78, 5) is 10.7. The molecule has 0 bridgehead atoms. The summed E-state index contributed by atoms with van der Waals surface area (Å²) < 4.78 is 0.766. The number of rotatable bonds is 6. The molecule has 90 valence electrons. The lowest BCUT2D eigenvalue weighted by molar-refractivity contribution is 0.240. The van der Waals surface area contributed by atoms with Gasteiger partial charge in [-0.2, -0.15) is 0 Å². The molecule has 1 aromatic heterocycles. The molecule has 0 aliphatic rings. The van der Waals surface area contributed by atoms with Gasteiger partial charge in [0.1, 0.15) is 4.60 Å². The predicted molar refractivity (Wildman–Crippen MR) is 70.6 cm³/mol. The summed E-state index contributed by atoms with van der Waals surface area (Å²) in [5.74, 6) is 0.807. The molecule has 1 atom stereocenters. The number of aromatic nitrogens is 2. The van der Waals surface area contributed by atoms with Crippen LogP contribution >= 0.6 is 15.9 Å². The zero-order chi connectivity index (χ0) is 12.0. The third kappa shape index (κ3) is 3.72. The largest absolute Gasteiger partial charge is 0.366 e. The van der Waals surface area contributed by atoms with Gasteiger partial charge < -0.3 is 5.32 Å². The molecule has 1 rings (SSSR count). The second-order valence-corrected chi connectivity index (χ2v) is 4.40. The van der Waals surface area contributed by atoms with Gasteiger partial charge in [0.15, 0.2) is 5.82 Å². The van der Waals surface area contributed by atoms with Crippen LogP contribution in [0.1, 0.15) is 20.8 Å². The van der Waals surface area contributed by atoms with Crippen molar-refractivity contribution in [2.75, 3.05) is 25.0 Å². The normalized spacial score (nSPS) is 12.8. The van der Waals surface area contributed by atoms with Gasteiger partial charge in [0.2, 0.25) is 0 Å². The second-order valence-electron chi connectivity index (χ2n) is 3.65. The summed E-state index contributed by atoms with van der Waals surface area (Å²) in [5, 5.41) is 3.30. The van der Waals surface area contributed by atoms with E-state index in [1.807, 2.05) is 0 Å². The van der Waals surface area contributed by atoms with Crippen molar-refractivity contribution in [1.29, 1.82) is 0 Å². The minimum atomic E-state index is 0.490. The molecular weight excluding hydrogens is 268 g/mol. The number of hydrogen-bond acceptors (Lipinski definition) is 4. The number of nitrogens with zero attached hydrogens (tertiary/aromatic N) is 3. The first-order chi connectivity index (χ1) is 7.69. The Morgan fingerprint density at radius 3 is 2.50 bits per heavy atom. The van der Waals surface area contributed by atoms with Gasteiger partial charge in [0.05, 0.1) is 0 Å². The molecule has 1 N–H and O–H groups in total. The van der Waals surface area contributed by atoms with Gasteiger partial charge in [0, 0.05) is 25.0 Å². The van der Waals surface area contributed by atoms with Crippen molar-refractivity contribution >= 4 is 21.7 Å². The average molecular weight is 287 g/mol. The summed E-state index contributed by atoms with van der Waals surface area (Å²) in [6.45, 7) is 9.59. The fraction of sp³-hybridized carbons (Fsp3) is 0.636. The molecule has 4 nitrogen and oxygen atoms in total. The molecule has 0 aliphatic heterocycles. The van der Waals surface area contributed by atoms with Crippen molar-refractivity contribution in [2.24, 2.45) is 0 Å². The molecule has 1 unspecified atom stereocenters. The van der Waals surface area contributed by atoms with Crippen LogP contribution in [0.3, 0.4) is 0 Å². The highest BCUT2D eigenvalue weighted by molar-refractivity contribution is 9.10. The van der Waals surface area contributed by atoms with E-state index < -0.39 is 0 Å². The molecule has 0 radical (unpaired) electrons. The Bertz CT molecular complexity index is 315. The smallest absolute Gasteiger partial charge is 0.159 e. The molecule has 0 aromatic carbocycles. The number of halogens is 1. The Morgan fingerprint density at radius 1 is 1.31 bits per heavy atom. The van der Waals surface area contributed by atoms with Gasteiger partial charge in [-0.3, -0.25) is 4.90 Å². The van der Waals surface area contributed by atoms with Crippen molar-refractivity contribution in [3.63, 3.8) is 0 Å². The van der Waals surface area contributed by atoms with Crippen LogP contribution in [0.25, 0.3) is 0 Å². The summed E-state index contributed by atoms with van der Waals surface area (Å²) in [5.41, 5.74) is 0. The molecule has 0 aliphatic carbocycles. The molecule has 0 amide bonds. The minimum Gasteiger partial charge on any atom is -0.366 e. The van der Waals surface area contributed by atoms with Crippen molar-refractivity contribution in [3.8, 4) is 0 Å². The molecule has 1 aromatic rings. The average Bonchev–Trinajstić information content (AvgIpc) is 2.29. The summed E-state index contributed by atoms with van der Waals surface area (Å²) in [6, 6.07) is 0.490. The standard InChI is InChI=1S/C11H19BrN4/c1-4-16(5-2)9(3)8-15-11-10(12)13-6-7-14-11/h6-7,9H,4-5,8H2,1-3H3,(H,14,15). The maximum Gasteiger partial charge on any atom is 0.159 e. The Balaban J connectivity index is 2.48. The van der Waals surface area contributed by atoms with Gasteiger partial charge in [-0.15, -0.1) is 0 Å². The monoisotopic (exact) mass is 286 g/mol. The highest BCUT2D eigenvalue weighted by Gasteiger charge is 2.10. The lowest BCUT2D eigenvalue weighted by atomic mass is 10.3. The second kappa shape index (κ2) is 6.81. The maximum atomic E-state index is 4.22. The van der Waals surface area contributed by atoms with E-state index in [1.54, 1.807) is 12.4 Å². The van der Waals surface area contributed by atoms with Crippen molar-refractivity contribution in [3.05, 3.63) is 17.0 Å². The highest BCUT2D eigenvalue weighted by Crippen LogP contribution is 2.15. The van der Waals surface area contributed by atoms with Gasteiger partial charge >= 0.3 is 0 Å². The van der Waals surface area contributed by atoms with Crippen LogP contribution in [0.5, 0.6) is 0 Å². The molecule has 0 fully saturated rings. The van der Waals surface area contributed by atoms with E-state index in [-0.39, 0.29) is 0 Å². The Labute approximate surface area is 106 Å². The summed E-state index contributed by atoms with van der Waals surface area (Å²) in [6.07, 6.45) is 3.36. The van der Waals surface area contributed by atoms with Gasteiger partial charge in [-0.1, -0.05) is 13.8 Å². The number of nitrogens with one attached hydrogen (secondary N) is 1. The van der Waals surface area contributed by atoms with E-state index in [2.05, 4.69) is 56.9 Å². The maximum absolute atomic E-state index is 4.22. The predicted octanol–water partition coefficient (Wildman–Crippen LogP) is 2.38. The molecule has 0 saturated heterocycles. The fourth-order valence-electron chi connectivity index (χ4n) is 1.66. The number of hydrogen-bond donors (Lipinski definition) is 1. The summed E-state index contributed by atoms with van der Waals surface area (Å²) in [7, 11) is 0. The first kappa shape index (κ1) is 13.4. The Kier molecular flexibility index (Phi) is 5.69. The molecular formula is C11H19BrN4. The van der Waals surface area contributed by atoms with E-state index in [9.17, 15) is 0 Å². The van der Waals surface area contributed by atoms with Gasteiger partial charge in [-0.25, -0.2) is 9.97 Å². The van der Waals surface area contributed by atoms with E-state index >= 15 is 0 Å². The molecule has 16 heavy (non-hydrogen) atoms. The topological polar surface area (TPSA) is 41.0 Å². The lowest BCUT2D eigenvalue weighted by Gasteiger charge is -2.26. The molecule has 0 saturated carbocycles. The first-order valence-electron chi connectivity index (χ1n) is 5.63. The zero-order valence-corrected chi connectivity index (χ0v) is 11.7. The molecule has 0 spiro atoms. The van der Waals surface area contributed by atoms with Crippen LogP contribution in [-0.4, -0.2) is 40.5 Å². The third-order valence-corrected chi connectivity index (χ3v) is 3.23. The van der Waals surface area contributed by atoms with Gasteiger partial charge in [-0.05, 0) is 35.9 Å². The van der Waals surface area contributed by atoms with Crippen LogP contribution in [0, 0.1) is 0 Å². The fourth-order valence-corrected chi connectivity index (χ4v) is 2.02. The van der Waals surface area contributed by atoms with Crippen LogP contribution in [0.15, 0.2) is 17.0 Å². The molecule has 1 heterocycles. The van der Waals surface area contributed by atoms with Crippen molar-refractivity contribution in [1.82, 2.24) is 14.9 Å². The van der Waals surface area contributed by atoms with E-state index in [4.69, 9.17) is 0 Å². The zero-order valence-electron chi connectivity index (χ0n) is 10.1. The Morgan fingerprint density at radius 2 is 1.94 bits per heavy atom. The van der Waals surface area contributed by atoms with Crippen molar-refractivity contribution < 1.29 is 0 Å². The number of likely N-dealkylation sites (N-methyl/N-ethyl adjacent to an activating group) is 1. The lowest BCUT2D eigenvalue weighted by Crippen LogP contribution is -2.37. The Hall–Kier alpha value is -0.680. The van der Waals surface area contributed by atoms with E-state index in [1.165, 1.54) is 0 Å². The SMILES string of the molecule is CCN(CC)C(C)CNc1nccnc1Br. The number of anilines is 1. The molecule has 5 heteroatoms.